The Morgan fingerprint density at radius 3 is 2.73 bits per heavy atom. The van der Waals surface area contributed by atoms with Gasteiger partial charge in [-0.25, -0.2) is 4.79 Å². The van der Waals surface area contributed by atoms with E-state index in [1.165, 1.54) is 0 Å². The van der Waals surface area contributed by atoms with Crippen molar-refractivity contribution in [3.8, 4) is 16.9 Å². The minimum Gasteiger partial charge on any atom is -0.489 e. The molecule has 7 rings (SSSR count). The Morgan fingerprint density at radius 1 is 0.973 bits per heavy atom. The minimum atomic E-state index is -0.966. The van der Waals surface area contributed by atoms with E-state index in [-0.39, 0.29) is 25.0 Å². The lowest BCUT2D eigenvalue weighted by Gasteiger charge is -2.35. The van der Waals surface area contributed by atoms with Gasteiger partial charge in [0, 0.05) is 18.4 Å². The lowest BCUT2D eigenvalue weighted by molar-refractivity contribution is -0.159. The lowest BCUT2D eigenvalue weighted by Crippen LogP contribution is -2.39. The van der Waals surface area contributed by atoms with Gasteiger partial charge in [0.1, 0.15) is 19.0 Å². The molecule has 0 amide bonds. The third kappa shape index (κ3) is 3.98. The first-order chi connectivity index (χ1) is 18.1. The number of hydrogen-bond acceptors (Lipinski definition) is 6. The molecule has 0 radical (unpaired) electrons. The highest BCUT2D eigenvalue weighted by atomic mass is 16.7. The predicted octanol–water partition coefficient (Wildman–Crippen LogP) is 5.48. The van der Waals surface area contributed by atoms with E-state index in [1.54, 1.807) is 0 Å². The number of rotatable bonds is 5. The lowest BCUT2D eigenvalue weighted by atomic mass is 9.83. The van der Waals surface area contributed by atoms with Gasteiger partial charge in [0.2, 0.25) is 0 Å². The van der Waals surface area contributed by atoms with E-state index in [0.29, 0.717) is 37.4 Å². The summed E-state index contributed by atoms with van der Waals surface area (Å²) in [5, 5.41) is 13.3. The molecule has 4 aromatic rings. The normalized spacial score (nSPS) is 24.2. The molecule has 4 aromatic carbocycles. The maximum absolute atomic E-state index is 12.4. The number of carbonyl (C=O) groups excluding carboxylic acids is 1. The topological polar surface area (TPSA) is 74.2 Å². The van der Waals surface area contributed by atoms with E-state index in [2.05, 4.69) is 12.1 Å². The van der Waals surface area contributed by atoms with Crippen LogP contribution in [0.15, 0.2) is 78.9 Å². The summed E-state index contributed by atoms with van der Waals surface area (Å²) in [7, 11) is 0. The van der Waals surface area contributed by atoms with Crippen molar-refractivity contribution in [2.45, 2.75) is 44.1 Å². The molecule has 6 heteroatoms. The number of hydrogen-bond donors (Lipinski definition) is 1. The SMILES string of the molecule is O=C1OCc2c1cc1cc(OCc3cccc([C@]4(O)C[C@@H]5CO[C@H](C4)O5)c3)ccc1c2-c1ccccc1. The van der Waals surface area contributed by atoms with Crippen molar-refractivity contribution in [2.24, 2.45) is 0 Å². The first kappa shape index (κ1) is 22.5. The second kappa shape index (κ2) is 8.70. The molecule has 186 valence electrons. The van der Waals surface area contributed by atoms with Crippen molar-refractivity contribution >= 4 is 16.7 Å². The van der Waals surface area contributed by atoms with Crippen LogP contribution in [0.4, 0.5) is 0 Å². The van der Waals surface area contributed by atoms with Gasteiger partial charge in [-0.1, -0.05) is 54.6 Å². The van der Waals surface area contributed by atoms with Gasteiger partial charge in [-0.3, -0.25) is 0 Å². The fraction of sp³-hybridized carbons (Fsp3) is 0.258. The molecule has 2 bridgehead atoms. The number of fused-ring (bicyclic) bond motifs is 4. The molecule has 2 fully saturated rings. The summed E-state index contributed by atoms with van der Waals surface area (Å²) in [4.78, 5) is 12.4. The highest BCUT2D eigenvalue weighted by Gasteiger charge is 2.45. The minimum absolute atomic E-state index is 0.0687. The highest BCUT2D eigenvalue weighted by Crippen LogP contribution is 2.42. The Balaban J connectivity index is 1.17. The smallest absolute Gasteiger partial charge is 0.338 e. The summed E-state index contributed by atoms with van der Waals surface area (Å²) in [5.74, 6) is 0.418. The maximum atomic E-state index is 12.4. The monoisotopic (exact) mass is 494 g/mol. The standard InChI is InChI=1S/C31H26O6/c32-30-26-13-21-12-23(9-10-25(21)29(27(26)18-36-30)20-6-2-1-3-7-20)34-16-19-5-4-8-22(11-19)31(33)14-24-17-35-28(15-31)37-24/h1-13,24,28,33H,14-18H2/t24-,28+,31+/m1/s1. The molecule has 0 unspecified atom stereocenters. The molecule has 0 saturated carbocycles. The molecule has 3 aliphatic rings. The van der Waals surface area contributed by atoms with E-state index in [1.807, 2.05) is 66.7 Å². The third-order valence-corrected chi connectivity index (χ3v) is 7.60. The molecule has 0 aromatic heterocycles. The van der Waals surface area contributed by atoms with Gasteiger partial charge in [-0.05, 0) is 57.3 Å². The molecule has 0 spiro atoms. The van der Waals surface area contributed by atoms with Crippen LogP contribution in [0, 0.1) is 0 Å². The van der Waals surface area contributed by atoms with Crippen LogP contribution < -0.4 is 4.74 Å². The summed E-state index contributed by atoms with van der Waals surface area (Å²) in [6, 6.07) is 25.9. The average Bonchev–Trinajstić information content (AvgIpc) is 3.47. The molecule has 3 aliphatic heterocycles. The zero-order chi connectivity index (χ0) is 25.0. The van der Waals surface area contributed by atoms with Crippen molar-refractivity contribution in [3.05, 3.63) is 101 Å². The van der Waals surface area contributed by atoms with E-state index in [9.17, 15) is 9.90 Å². The molecular formula is C31H26O6. The fourth-order valence-corrected chi connectivity index (χ4v) is 5.81. The summed E-state index contributed by atoms with van der Waals surface area (Å²) < 4.78 is 22.9. The molecule has 6 nitrogen and oxygen atoms in total. The van der Waals surface area contributed by atoms with Crippen molar-refractivity contribution in [2.75, 3.05) is 6.61 Å². The van der Waals surface area contributed by atoms with Crippen molar-refractivity contribution < 1.29 is 28.8 Å². The summed E-state index contributed by atoms with van der Waals surface area (Å²) >= 11 is 0. The quantitative estimate of drug-likeness (QED) is 0.371. The van der Waals surface area contributed by atoms with Gasteiger partial charge in [0.25, 0.3) is 0 Å². The van der Waals surface area contributed by atoms with Gasteiger partial charge in [0.15, 0.2) is 6.29 Å². The maximum Gasteiger partial charge on any atom is 0.338 e. The van der Waals surface area contributed by atoms with E-state index in [0.717, 1.165) is 38.6 Å². The number of cyclic esters (lactones) is 1. The highest BCUT2D eigenvalue weighted by molar-refractivity contribution is 6.07. The Labute approximate surface area is 214 Å². The number of carbonyl (C=O) groups is 1. The summed E-state index contributed by atoms with van der Waals surface area (Å²) in [5.41, 5.74) is 4.48. The average molecular weight is 495 g/mol. The van der Waals surface area contributed by atoms with Gasteiger partial charge in [-0.15, -0.1) is 0 Å². The third-order valence-electron chi connectivity index (χ3n) is 7.60. The second-order valence-electron chi connectivity index (χ2n) is 10.1. The Hall–Kier alpha value is -3.71. The first-order valence-corrected chi connectivity index (χ1v) is 12.6. The Kier molecular flexibility index (Phi) is 5.29. The Bertz CT molecular complexity index is 1500. The van der Waals surface area contributed by atoms with Crippen LogP contribution in [0.3, 0.4) is 0 Å². The van der Waals surface area contributed by atoms with Crippen molar-refractivity contribution in [1.29, 1.82) is 0 Å². The predicted molar refractivity (Wildman–Crippen MR) is 137 cm³/mol. The van der Waals surface area contributed by atoms with E-state index in [4.69, 9.17) is 18.9 Å². The van der Waals surface area contributed by atoms with Gasteiger partial charge >= 0.3 is 5.97 Å². The second-order valence-corrected chi connectivity index (χ2v) is 10.1. The van der Waals surface area contributed by atoms with Crippen LogP contribution in [0.25, 0.3) is 21.9 Å². The van der Waals surface area contributed by atoms with Gasteiger partial charge < -0.3 is 24.1 Å². The molecule has 2 saturated heterocycles. The molecule has 1 N–H and O–H groups in total. The number of ether oxygens (including phenoxy) is 4. The van der Waals surface area contributed by atoms with Crippen LogP contribution in [0.2, 0.25) is 0 Å². The van der Waals surface area contributed by atoms with Crippen LogP contribution in [0.5, 0.6) is 5.75 Å². The molecule has 37 heavy (non-hydrogen) atoms. The summed E-state index contributed by atoms with van der Waals surface area (Å²) in [6.45, 7) is 1.17. The molecule has 3 atom stereocenters. The zero-order valence-electron chi connectivity index (χ0n) is 20.2. The van der Waals surface area contributed by atoms with Gasteiger partial charge in [-0.2, -0.15) is 0 Å². The number of aliphatic hydroxyl groups is 1. The van der Waals surface area contributed by atoms with E-state index >= 15 is 0 Å². The zero-order valence-corrected chi connectivity index (χ0v) is 20.2. The number of esters is 1. The van der Waals surface area contributed by atoms with Crippen LogP contribution in [-0.2, 0) is 33.0 Å². The van der Waals surface area contributed by atoms with Crippen molar-refractivity contribution in [3.63, 3.8) is 0 Å². The first-order valence-electron chi connectivity index (χ1n) is 12.6. The Morgan fingerprint density at radius 2 is 1.86 bits per heavy atom. The van der Waals surface area contributed by atoms with Gasteiger partial charge in [0.05, 0.1) is 23.9 Å². The fourth-order valence-electron chi connectivity index (χ4n) is 5.81. The van der Waals surface area contributed by atoms with Crippen LogP contribution in [-0.4, -0.2) is 30.1 Å². The summed E-state index contributed by atoms with van der Waals surface area (Å²) in [6.07, 6.45) is 0.533. The number of benzene rings is 4. The molecule has 0 aliphatic carbocycles. The molecule has 3 heterocycles. The van der Waals surface area contributed by atoms with Crippen LogP contribution in [0.1, 0.15) is 39.9 Å². The van der Waals surface area contributed by atoms with Crippen LogP contribution >= 0.6 is 0 Å². The molecular weight excluding hydrogens is 468 g/mol. The van der Waals surface area contributed by atoms with Crippen molar-refractivity contribution in [1.82, 2.24) is 0 Å². The largest absolute Gasteiger partial charge is 0.489 e. The van der Waals surface area contributed by atoms with E-state index < -0.39 is 5.60 Å².